The maximum Gasteiger partial charge on any atom is 0.329 e. The SMILES string of the molecule is O=C(O)CCCCCCCCCCCCCCCc1cc(Oc2ccc(S(=O)(=O)Nc3ncc(C(=O)NCCOCCOCC(=O)CCCOCCOCC(=O)O)cn3)cc2)ccc1F. The molecule has 1 amide bonds. The Morgan fingerprint density at radius 3 is 1.77 bits per heavy atom. The number of aliphatic carboxylic acids is 2. The van der Waals surface area contributed by atoms with Crippen molar-refractivity contribution in [3.8, 4) is 11.5 Å². The van der Waals surface area contributed by atoms with E-state index in [4.69, 9.17) is 33.9 Å². The van der Waals surface area contributed by atoms with Gasteiger partial charge in [-0.3, -0.25) is 14.4 Å². The van der Waals surface area contributed by atoms with Gasteiger partial charge in [0.25, 0.3) is 15.9 Å². The fourth-order valence-electron chi connectivity index (χ4n) is 6.41. The number of aromatic nitrogens is 2. The van der Waals surface area contributed by atoms with Gasteiger partial charge in [-0.05, 0) is 73.7 Å². The minimum Gasteiger partial charge on any atom is -0.481 e. The third-order valence-corrected chi connectivity index (χ3v) is 11.2. The Hall–Kier alpha value is -5.08. The van der Waals surface area contributed by atoms with Gasteiger partial charge in [-0.25, -0.2) is 32.3 Å². The summed E-state index contributed by atoms with van der Waals surface area (Å²) in [5.41, 5.74) is 0.667. The van der Waals surface area contributed by atoms with Gasteiger partial charge >= 0.3 is 11.9 Å². The van der Waals surface area contributed by atoms with Crippen molar-refractivity contribution in [1.82, 2.24) is 15.3 Å². The maximum atomic E-state index is 14.6. The lowest BCUT2D eigenvalue weighted by Gasteiger charge is -2.11. The number of carbonyl (C=O) groups excluding carboxylic acids is 2. The smallest absolute Gasteiger partial charge is 0.329 e. The molecule has 0 unspecified atom stereocenters. The highest BCUT2D eigenvalue weighted by Gasteiger charge is 2.17. The average Bonchev–Trinajstić information content (AvgIpc) is 3.27. The molecule has 0 saturated heterocycles. The van der Waals surface area contributed by atoms with Crippen LogP contribution in [-0.4, -0.2) is 112 Å². The predicted molar refractivity (Wildman–Crippen MR) is 239 cm³/mol. The van der Waals surface area contributed by atoms with Gasteiger partial charge in [0.05, 0.1) is 43.5 Å². The van der Waals surface area contributed by atoms with E-state index in [0.29, 0.717) is 36.5 Å². The van der Waals surface area contributed by atoms with Crippen molar-refractivity contribution in [3.63, 3.8) is 0 Å². The molecule has 0 aliphatic carbocycles. The third kappa shape index (κ3) is 25.3. The largest absolute Gasteiger partial charge is 0.481 e. The normalized spacial score (nSPS) is 11.3. The quantitative estimate of drug-likeness (QED) is 0.0405. The number of anilines is 1. The number of halogens is 1. The summed E-state index contributed by atoms with van der Waals surface area (Å²) in [6.07, 6.45) is 18.2. The number of unbranched alkanes of at least 4 members (excludes halogenated alkanes) is 12. The molecular weight excluding hydrogens is 868 g/mol. The van der Waals surface area contributed by atoms with Crippen molar-refractivity contribution in [2.24, 2.45) is 0 Å². The van der Waals surface area contributed by atoms with E-state index in [9.17, 15) is 32.0 Å². The molecule has 1 heterocycles. The van der Waals surface area contributed by atoms with Gasteiger partial charge in [-0.15, -0.1) is 0 Å². The van der Waals surface area contributed by atoms with E-state index < -0.39 is 27.9 Å². The lowest BCUT2D eigenvalue weighted by atomic mass is 10.0. The number of carboxylic acid groups (broad SMARTS) is 2. The monoisotopic (exact) mass is 932 g/mol. The highest BCUT2D eigenvalue weighted by atomic mass is 32.2. The van der Waals surface area contributed by atoms with E-state index >= 15 is 0 Å². The summed E-state index contributed by atoms with van der Waals surface area (Å²) in [5.74, 6) is -2.07. The number of amides is 1. The molecule has 0 atom stereocenters. The molecule has 0 fully saturated rings. The van der Waals surface area contributed by atoms with Gasteiger partial charge < -0.3 is 39.2 Å². The maximum absolute atomic E-state index is 14.6. The molecule has 3 rings (SSSR count). The molecular formula is C46H65FN4O13S. The van der Waals surface area contributed by atoms with Gasteiger partial charge in [-0.1, -0.05) is 70.6 Å². The van der Waals surface area contributed by atoms with Crippen molar-refractivity contribution >= 4 is 39.6 Å². The highest BCUT2D eigenvalue weighted by Crippen LogP contribution is 2.26. The van der Waals surface area contributed by atoms with Crippen LogP contribution in [-0.2, 0) is 49.8 Å². The van der Waals surface area contributed by atoms with Crippen LogP contribution in [0.1, 0.15) is 119 Å². The van der Waals surface area contributed by atoms with Gasteiger partial charge in [-0.2, -0.15) is 0 Å². The molecule has 0 saturated carbocycles. The Bertz CT molecular complexity index is 1960. The molecule has 2 aromatic carbocycles. The Balaban J connectivity index is 1.25. The molecule has 0 radical (unpaired) electrons. The molecule has 360 valence electrons. The van der Waals surface area contributed by atoms with Crippen molar-refractivity contribution < 1.29 is 65.9 Å². The predicted octanol–water partition coefficient (Wildman–Crippen LogP) is 7.53. The second kappa shape index (κ2) is 32.6. The second-order valence-electron chi connectivity index (χ2n) is 15.3. The number of ketones is 1. The summed E-state index contributed by atoms with van der Waals surface area (Å²) in [6, 6.07) is 10.3. The number of ether oxygens (including phenoxy) is 5. The fourth-order valence-corrected chi connectivity index (χ4v) is 7.37. The van der Waals surface area contributed by atoms with Crippen molar-refractivity contribution in [2.45, 2.75) is 114 Å². The number of rotatable bonds is 39. The van der Waals surface area contributed by atoms with Gasteiger partial charge in [0.1, 0.15) is 30.5 Å². The molecule has 1 aromatic heterocycles. The molecule has 0 bridgehead atoms. The molecule has 0 aliphatic rings. The molecule has 0 spiro atoms. The minimum atomic E-state index is -4.09. The van der Waals surface area contributed by atoms with Crippen LogP contribution < -0.4 is 14.8 Å². The molecule has 3 aromatic rings. The van der Waals surface area contributed by atoms with Gasteiger partial charge in [0, 0.05) is 38.4 Å². The summed E-state index contributed by atoms with van der Waals surface area (Å²) in [7, 11) is -4.09. The zero-order valence-electron chi connectivity index (χ0n) is 37.1. The van der Waals surface area contributed by atoms with E-state index in [1.807, 2.05) is 0 Å². The first-order chi connectivity index (χ1) is 31.4. The lowest BCUT2D eigenvalue weighted by Crippen LogP contribution is -2.28. The number of aryl methyl sites for hydroxylation is 1. The topological polar surface area (TPSA) is 239 Å². The van der Waals surface area contributed by atoms with Crippen molar-refractivity contribution in [3.05, 3.63) is 71.8 Å². The van der Waals surface area contributed by atoms with Crippen LogP contribution in [0.15, 0.2) is 59.8 Å². The van der Waals surface area contributed by atoms with Gasteiger partial charge in [0.15, 0.2) is 5.78 Å². The fraction of sp³-hybridized carbons (Fsp3) is 0.565. The van der Waals surface area contributed by atoms with Crippen molar-refractivity contribution in [1.29, 1.82) is 0 Å². The van der Waals surface area contributed by atoms with E-state index in [0.717, 1.165) is 44.9 Å². The molecule has 4 N–H and O–H groups in total. The Kier molecular flexibility index (Phi) is 27.2. The number of sulfonamides is 1. The molecule has 19 heteroatoms. The first-order valence-electron chi connectivity index (χ1n) is 22.4. The number of carbonyl (C=O) groups is 4. The van der Waals surface area contributed by atoms with Crippen LogP contribution in [0.5, 0.6) is 11.5 Å². The van der Waals surface area contributed by atoms with Crippen LogP contribution in [0.3, 0.4) is 0 Å². The van der Waals surface area contributed by atoms with E-state index in [1.54, 1.807) is 6.07 Å². The number of benzene rings is 2. The number of hydrogen-bond donors (Lipinski definition) is 4. The minimum absolute atomic E-state index is 0.0672. The van der Waals surface area contributed by atoms with Crippen molar-refractivity contribution in [2.75, 3.05) is 64.1 Å². The Labute approximate surface area is 381 Å². The second-order valence-corrected chi connectivity index (χ2v) is 17.0. The zero-order valence-corrected chi connectivity index (χ0v) is 38.0. The van der Waals surface area contributed by atoms with Crippen LogP contribution in [0.25, 0.3) is 0 Å². The van der Waals surface area contributed by atoms with E-state index in [2.05, 4.69) is 20.0 Å². The number of carboxylic acids is 2. The highest BCUT2D eigenvalue weighted by molar-refractivity contribution is 7.92. The number of nitrogens with zero attached hydrogens (tertiary/aromatic N) is 2. The summed E-state index contributed by atoms with van der Waals surface area (Å²) < 4.78 is 69.7. The van der Waals surface area contributed by atoms with Crippen LogP contribution in [0.2, 0.25) is 0 Å². The summed E-state index contributed by atoms with van der Waals surface area (Å²) in [4.78, 5) is 53.2. The Morgan fingerprint density at radius 2 is 1.15 bits per heavy atom. The number of hydrogen-bond acceptors (Lipinski definition) is 13. The number of nitrogens with one attached hydrogen (secondary N) is 2. The lowest BCUT2D eigenvalue weighted by molar-refractivity contribution is -0.143. The Morgan fingerprint density at radius 1 is 0.600 bits per heavy atom. The van der Waals surface area contributed by atoms with Crippen LogP contribution in [0.4, 0.5) is 10.3 Å². The van der Waals surface area contributed by atoms with Gasteiger partial charge in [0.2, 0.25) is 5.95 Å². The molecule has 0 aliphatic heterocycles. The average molecular weight is 933 g/mol. The molecule has 65 heavy (non-hydrogen) atoms. The first kappa shape index (κ1) is 54.3. The summed E-state index contributed by atoms with van der Waals surface area (Å²) in [5, 5.41) is 19.8. The third-order valence-electron chi connectivity index (χ3n) is 9.87. The van der Waals surface area contributed by atoms with E-state index in [1.165, 1.54) is 87.3 Å². The summed E-state index contributed by atoms with van der Waals surface area (Å²) >= 11 is 0. The van der Waals surface area contributed by atoms with E-state index in [-0.39, 0.29) is 93.6 Å². The summed E-state index contributed by atoms with van der Waals surface area (Å²) in [6.45, 7) is 1.03. The zero-order chi connectivity index (χ0) is 47.0. The standard InChI is InChI=1S/C46H65FN4O13S/c47-42-23-20-40(31-36(42)15-12-10-8-6-4-2-1-3-5-7-9-11-13-17-43(53)54)64-39-18-21-41(22-19-39)65(58,59)51-46-49-32-37(33-50-46)45(57)48-24-26-61-28-29-62-34-38(52)16-14-25-60-27-30-63-35-44(55)56/h18-23,31-33H,1-17,24-30,34-35H2,(H,48,57)(H,53,54)(H,55,56)(H,49,50,51). The molecule has 17 nitrogen and oxygen atoms in total. The van der Waals surface area contributed by atoms with Crippen LogP contribution in [0, 0.1) is 5.82 Å². The van der Waals surface area contributed by atoms with Crippen LogP contribution >= 0.6 is 0 Å². The first-order valence-corrected chi connectivity index (χ1v) is 23.9. The number of Topliss-reactive ketones (excluding diaryl/α,β-unsaturated/α-hetero) is 1.